The van der Waals surface area contributed by atoms with Gasteiger partial charge in [0.25, 0.3) is 0 Å². The SMILES string of the molecule is O[C@@H]1[C@H](O)[C@@H](n2c(Br)nc3cc(Cl)c(Cl)cc32)OC[C@@H]1O. The topological polar surface area (TPSA) is 87.7 Å². The molecular formula is C12H11BrCl2N2O4. The fourth-order valence-electron chi connectivity index (χ4n) is 2.32. The van der Waals surface area contributed by atoms with E-state index in [2.05, 4.69) is 20.9 Å². The molecule has 0 aliphatic carbocycles. The second-order valence-corrected chi connectivity index (χ2v) is 6.30. The van der Waals surface area contributed by atoms with Gasteiger partial charge in [-0.2, -0.15) is 0 Å². The van der Waals surface area contributed by atoms with Crippen molar-refractivity contribution in [2.45, 2.75) is 24.5 Å². The molecule has 3 N–H and O–H groups in total. The van der Waals surface area contributed by atoms with Crippen LogP contribution in [0.15, 0.2) is 16.9 Å². The van der Waals surface area contributed by atoms with Gasteiger partial charge >= 0.3 is 0 Å². The first-order chi connectivity index (χ1) is 9.90. The van der Waals surface area contributed by atoms with E-state index in [0.717, 1.165) is 0 Å². The lowest BCUT2D eigenvalue weighted by Crippen LogP contribution is -2.50. The van der Waals surface area contributed by atoms with Gasteiger partial charge in [-0.3, -0.25) is 4.57 Å². The Morgan fingerprint density at radius 3 is 2.57 bits per heavy atom. The minimum atomic E-state index is -1.31. The summed E-state index contributed by atoms with van der Waals surface area (Å²) in [7, 11) is 0. The van der Waals surface area contributed by atoms with E-state index in [1.165, 1.54) is 0 Å². The van der Waals surface area contributed by atoms with Crippen LogP contribution < -0.4 is 0 Å². The number of hydrogen-bond acceptors (Lipinski definition) is 5. The summed E-state index contributed by atoms with van der Waals surface area (Å²) in [5.74, 6) is 0. The fourth-order valence-corrected chi connectivity index (χ4v) is 3.22. The standard InChI is InChI=1S/C12H11BrCl2N2O4/c13-12-16-6-1-4(14)5(15)2-7(6)17(12)11-10(20)9(19)8(18)3-21-11/h1-2,8-11,18-20H,3H2/t8-,9-,10-,11-/m0/s1. The molecule has 0 radical (unpaired) electrons. The van der Waals surface area contributed by atoms with Gasteiger partial charge in [0.1, 0.15) is 18.3 Å². The van der Waals surface area contributed by atoms with Crippen molar-refractivity contribution in [2.24, 2.45) is 0 Å². The Morgan fingerprint density at radius 1 is 1.19 bits per heavy atom. The summed E-state index contributed by atoms with van der Waals surface area (Å²) in [6.45, 7) is -0.101. The summed E-state index contributed by atoms with van der Waals surface area (Å²) in [6.07, 6.45) is -4.66. The molecule has 1 aromatic heterocycles. The molecule has 0 bridgehead atoms. The molecule has 0 spiro atoms. The third kappa shape index (κ3) is 2.57. The maximum atomic E-state index is 10.1. The number of ether oxygens (including phenoxy) is 1. The summed E-state index contributed by atoms with van der Waals surface area (Å²) in [5, 5.41) is 30.1. The van der Waals surface area contributed by atoms with Gasteiger partial charge < -0.3 is 20.1 Å². The Morgan fingerprint density at radius 2 is 1.86 bits per heavy atom. The molecule has 1 saturated heterocycles. The first-order valence-electron chi connectivity index (χ1n) is 6.08. The lowest BCUT2D eigenvalue weighted by molar-refractivity contribution is -0.210. The summed E-state index contributed by atoms with van der Waals surface area (Å²) >= 11 is 15.3. The molecule has 4 atom stereocenters. The highest BCUT2D eigenvalue weighted by Crippen LogP contribution is 2.35. The van der Waals surface area contributed by atoms with Gasteiger partial charge in [0.15, 0.2) is 11.0 Å². The molecule has 0 amide bonds. The number of fused-ring (bicyclic) bond motifs is 1. The Kier molecular flexibility index (Phi) is 4.17. The van der Waals surface area contributed by atoms with E-state index in [-0.39, 0.29) is 6.61 Å². The summed E-state index contributed by atoms with van der Waals surface area (Å²) < 4.78 is 7.38. The number of aliphatic hydroxyl groups is 3. The molecule has 3 rings (SSSR count). The van der Waals surface area contributed by atoms with E-state index in [0.29, 0.717) is 25.8 Å². The largest absolute Gasteiger partial charge is 0.388 e. The molecule has 0 unspecified atom stereocenters. The Bertz CT molecular complexity index is 695. The van der Waals surface area contributed by atoms with Crippen molar-refractivity contribution in [2.75, 3.05) is 6.61 Å². The van der Waals surface area contributed by atoms with Crippen LogP contribution in [-0.4, -0.2) is 49.8 Å². The van der Waals surface area contributed by atoms with E-state index in [1.807, 2.05) is 0 Å². The predicted octanol–water partition coefficient (Wildman–Crippen LogP) is 1.72. The van der Waals surface area contributed by atoms with Crippen LogP contribution in [0.3, 0.4) is 0 Å². The Hall–Kier alpha value is -0.410. The smallest absolute Gasteiger partial charge is 0.180 e. The quantitative estimate of drug-likeness (QED) is 0.681. The van der Waals surface area contributed by atoms with Crippen molar-refractivity contribution >= 4 is 50.2 Å². The van der Waals surface area contributed by atoms with Crippen molar-refractivity contribution < 1.29 is 20.1 Å². The molecule has 9 heteroatoms. The monoisotopic (exact) mass is 396 g/mol. The molecule has 21 heavy (non-hydrogen) atoms. The van der Waals surface area contributed by atoms with Crippen LogP contribution in [0.25, 0.3) is 11.0 Å². The van der Waals surface area contributed by atoms with Crippen LogP contribution in [0.2, 0.25) is 10.0 Å². The first kappa shape index (κ1) is 15.5. The van der Waals surface area contributed by atoms with Gasteiger partial charge in [-0.1, -0.05) is 23.2 Å². The van der Waals surface area contributed by atoms with Gasteiger partial charge in [0.2, 0.25) is 0 Å². The van der Waals surface area contributed by atoms with Gasteiger partial charge in [-0.05, 0) is 28.1 Å². The minimum absolute atomic E-state index is 0.101. The number of aromatic nitrogens is 2. The number of halogens is 3. The predicted molar refractivity (Wildman–Crippen MR) is 80.5 cm³/mol. The fraction of sp³-hybridized carbons (Fsp3) is 0.417. The van der Waals surface area contributed by atoms with Crippen molar-refractivity contribution in [1.29, 1.82) is 0 Å². The van der Waals surface area contributed by atoms with Crippen molar-refractivity contribution in [3.8, 4) is 0 Å². The Balaban J connectivity index is 2.12. The zero-order chi connectivity index (χ0) is 15.3. The van der Waals surface area contributed by atoms with E-state index >= 15 is 0 Å². The summed E-state index contributed by atoms with van der Waals surface area (Å²) in [4.78, 5) is 4.27. The maximum absolute atomic E-state index is 10.1. The molecular weight excluding hydrogens is 387 g/mol. The third-order valence-electron chi connectivity index (χ3n) is 3.42. The zero-order valence-corrected chi connectivity index (χ0v) is 13.5. The zero-order valence-electron chi connectivity index (χ0n) is 10.4. The normalized spacial score (nSPS) is 30.0. The number of benzene rings is 1. The molecule has 1 aliphatic heterocycles. The van der Waals surface area contributed by atoms with Crippen LogP contribution in [-0.2, 0) is 4.74 Å². The van der Waals surface area contributed by atoms with E-state index in [4.69, 9.17) is 27.9 Å². The molecule has 1 fully saturated rings. The average Bonchev–Trinajstić information content (AvgIpc) is 2.73. The molecule has 6 nitrogen and oxygen atoms in total. The van der Waals surface area contributed by atoms with Crippen molar-refractivity contribution in [1.82, 2.24) is 9.55 Å². The lowest BCUT2D eigenvalue weighted by Gasteiger charge is -2.36. The number of imidazole rings is 1. The minimum Gasteiger partial charge on any atom is -0.388 e. The average molecular weight is 398 g/mol. The second-order valence-electron chi connectivity index (χ2n) is 4.78. The second kappa shape index (κ2) is 5.66. The number of aliphatic hydroxyl groups excluding tert-OH is 3. The Labute approximate surface area is 138 Å². The van der Waals surface area contributed by atoms with Crippen LogP contribution in [0.4, 0.5) is 0 Å². The van der Waals surface area contributed by atoms with E-state index < -0.39 is 24.5 Å². The molecule has 2 aromatic rings. The number of nitrogens with zero attached hydrogens (tertiary/aromatic N) is 2. The van der Waals surface area contributed by atoms with Gasteiger partial charge in [0.05, 0.1) is 27.7 Å². The highest BCUT2D eigenvalue weighted by molar-refractivity contribution is 9.10. The van der Waals surface area contributed by atoms with Crippen LogP contribution in [0, 0.1) is 0 Å². The van der Waals surface area contributed by atoms with Crippen LogP contribution in [0.1, 0.15) is 6.23 Å². The first-order valence-corrected chi connectivity index (χ1v) is 7.63. The summed E-state index contributed by atoms with van der Waals surface area (Å²) in [6, 6.07) is 3.20. The molecule has 2 heterocycles. The molecule has 114 valence electrons. The van der Waals surface area contributed by atoms with Gasteiger partial charge in [-0.25, -0.2) is 4.98 Å². The van der Waals surface area contributed by atoms with E-state index in [1.54, 1.807) is 16.7 Å². The number of hydrogen-bond donors (Lipinski definition) is 3. The third-order valence-corrected chi connectivity index (χ3v) is 4.70. The molecule has 1 aliphatic rings. The van der Waals surface area contributed by atoms with Gasteiger partial charge in [-0.15, -0.1) is 0 Å². The maximum Gasteiger partial charge on any atom is 0.180 e. The highest BCUT2D eigenvalue weighted by Gasteiger charge is 2.39. The number of rotatable bonds is 1. The van der Waals surface area contributed by atoms with Gasteiger partial charge in [0, 0.05) is 0 Å². The summed E-state index contributed by atoms with van der Waals surface area (Å²) in [5.41, 5.74) is 1.15. The lowest BCUT2D eigenvalue weighted by atomic mass is 10.0. The highest BCUT2D eigenvalue weighted by atomic mass is 79.9. The van der Waals surface area contributed by atoms with Crippen LogP contribution in [0.5, 0.6) is 0 Å². The molecule has 1 aromatic carbocycles. The molecule has 0 saturated carbocycles. The van der Waals surface area contributed by atoms with Crippen molar-refractivity contribution in [3.63, 3.8) is 0 Å². The van der Waals surface area contributed by atoms with Crippen LogP contribution >= 0.6 is 39.1 Å². The van der Waals surface area contributed by atoms with Crippen molar-refractivity contribution in [3.05, 3.63) is 26.9 Å². The van der Waals surface area contributed by atoms with E-state index in [9.17, 15) is 15.3 Å².